The molecule has 1 aromatic carbocycles. The van der Waals surface area contributed by atoms with Gasteiger partial charge >= 0.3 is 6.16 Å². The standard InChI is InChI=1S/C15H27N3O4S.C7H2F5NO/c1-4-5-8-18-13(19)12(11(2)3)16-15(18)6-9-17(10-7-15)23-22-14(20)21;8-2-1(7(13)14)3(9)5(11)6(12)4(2)10/h11-12,16H,4-10H2,1-3H3,(H,20,21);(H2,13,14). The number of primary amides is 1. The molecule has 0 saturated carbocycles. The van der Waals surface area contributed by atoms with Crippen molar-refractivity contribution in [2.75, 3.05) is 19.6 Å². The van der Waals surface area contributed by atoms with E-state index in [4.69, 9.17) is 5.11 Å². The Balaban J connectivity index is 0.000000294. The number of nitrogens with two attached hydrogens (primary N) is 1. The lowest BCUT2D eigenvalue weighted by Crippen LogP contribution is -2.58. The monoisotopic (exact) mass is 556 g/mol. The van der Waals surface area contributed by atoms with Gasteiger partial charge in [0.15, 0.2) is 35.5 Å². The molecular formula is C22H29F5N4O5S. The van der Waals surface area contributed by atoms with Gasteiger partial charge in [0, 0.05) is 19.6 Å². The number of carbonyl (C=O) groups is 3. The molecule has 15 heteroatoms. The zero-order chi connectivity index (χ0) is 28.1. The number of benzene rings is 1. The van der Waals surface area contributed by atoms with Gasteiger partial charge in [-0.15, -0.1) is 0 Å². The van der Waals surface area contributed by atoms with E-state index in [1.807, 2.05) is 9.21 Å². The minimum absolute atomic E-state index is 0.124. The second-order valence-corrected chi connectivity index (χ2v) is 9.74. The van der Waals surface area contributed by atoms with Crippen LogP contribution in [-0.4, -0.2) is 63.6 Å². The fraction of sp³-hybridized carbons (Fsp3) is 0.591. The van der Waals surface area contributed by atoms with Crippen LogP contribution in [0.25, 0.3) is 0 Å². The number of hydrogen-bond acceptors (Lipinski definition) is 7. The third kappa shape index (κ3) is 6.82. The number of halogens is 5. The van der Waals surface area contributed by atoms with Gasteiger partial charge in [0.2, 0.25) is 11.7 Å². The average Bonchev–Trinajstić information content (AvgIpc) is 3.11. The minimum Gasteiger partial charge on any atom is -0.449 e. The van der Waals surface area contributed by atoms with Crippen LogP contribution in [0.3, 0.4) is 0 Å². The third-order valence-electron chi connectivity index (χ3n) is 6.09. The van der Waals surface area contributed by atoms with E-state index in [2.05, 4.69) is 36.0 Å². The van der Waals surface area contributed by atoms with Crippen molar-refractivity contribution in [3.63, 3.8) is 0 Å². The fourth-order valence-corrected chi connectivity index (χ4v) is 4.65. The fourth-order valence-electron chi connectivity index (χ4n) is 4.15. The molecule has 0 aromatic heterocycles. The highest BCUT2D eigenvalue weighted by Crippen LogP contribution is 2.36. The number of piperidine rings is 1. The van der Waals surface area contributed by atoms with E-state index >= 15 is 0 Å². The highest BCUT2D eigenvalue weighted by atomic mass is 32.2. The number of amides is 2. The summed E-state index contributed by atoms with van der Waals surface area (Å²) in [6, 6.07) is -0.124. The van der Waals surface area contributed by atoms with E-state index < -0.39 is 46.7 Å². The summed E-state index contributed by atoms with van der Waals surface area (Å²) in [5.41, 5.74) is 2.50. The number of rotatable bonds is 7. The molecule has 2 heterocycles. The predicted octanol–water partition coefficient (Wildman–Crippen LogP) is 3.77. The number of carbonyl (C=O) groups excluding carboxylic acids is 2. The molecule has 208 valence electrons. The zero-order valence-electron chi connectivity index (χ0n) is 20.5. The molecule has 2 amide bonds. The molecule has 0 aliphatic carbocycles. The molecule has 1 spiro atoms. The summed E-state index contributed by atoms with van der Waals surface area (Å²) in [7, 11) is 0. The molecule has 37 heavy (non-hydrogen) atoms. The smallest absolute Gasteiger partial charge is 0.449 e. The molecule has 0 radical (unpaired) electrons. The predicted molar refractivity (Wildman–Crippen MR) is 123 cm³/mol. The first-order valence-electron chi connectivity index (χ1n) is 11.5. The van der Waals surface area contributed by atoms with Gasteiger partial charge in [-0.2, -0.15) is 0 Å². The molecule has 2 aliphatic rings. The van der Waals surface area contributed by atoms with E-state index in [0.29, 0.717) is 13.1 Å². The van der Waals surface area contributed by atoms with E-state index in [0.717, 1.165) is 44.5 Å². The van der Waals surface area contributed by atoms with Crippen LogP contribution in [0, 0.1) is 35.0 Å². The number of nitrogens with zero attached hydrogens (tertiary/aromatic N) is 2. The van der Waals surface area contributed by atoms with Crippen LogP contribution >= 0.6 is 12.2 Å². The van der Waals surface area contributed by atoms with Crippen LogP contribution in [0.4, 0.5) is 26.7 Å². The number of unbranched alkanes of at least 4 members (excludes halogenated alkanes) is 1. The molecule has 2 fully saturated rings. The lowest BCUT2D eigenvalue weighted by atomic mass is 9.96. The maximum atomic E-state index is 12.8. The number of hydrogen-bond donors (Lipinski definition) is 3. The molecule has 0 bridgehead atoms. The normalized spacial score (nSPS) is 19.2. The molecule has 2 saturated heterocycles. The van der Waals surface area contributed by atoms with Gasteiger partial charge in [-0.05, 0) is 25.2 Å². The van der Waals surface area contributed by atoms with Crippen molar-refractivity contribution in [3.05, 3.63) is 34.6 Å². The topological polar surface area (TPSA) is 125 Å². The summed E-state index contributed by atoms with van der Waals surface area (Å²) in [6.45, 7) is 8.42. The van der Waals surface area contributed by atoms with E-state index in [9.17, 15) is 36.3 Å². The zero-order valence-corrected chi connectivity index (χ0v) is 21.3. The molecule has 4 N–H and O–H groups in total. The quantitative estimate of drug-likeness (QED) is 0.152. The summed E-state index contributed by atoms with van der Waals surface area (Å²) in [5.74, 6) is -12.4. The lowest BCUT2D eigenvalue weighted by molar-refractivity contribution is -0.133. The third-order valence-corrected chi connectivity index (χ3v) is 6.89. The maximum absolute atomic E-state index is 12.8. The van der Waals surface area contributed by atoms with Crippen molar-refractivity contribution in [2.45, 2.75) is 58.2 Å². The maximum Gasteiger partial charge on any atom is 0.519 e. The summed E-state index contributed by atoms with van der Waals surface area (Å²) in [6.07, 6.45) is 2.33. The van der Waals surface area contributed by atoms with Crippen molar-refractivity contribution < 1.29 is 45.6 Å². The first-order valence-corrected chi connectivity index (χ1v) is 12.2. The molecule has 9 nitrogen and oxygen atoms in total. The molecule has 2 aliphatic heterocycles. The Hall–Kier alpha value is -2.65. The first-order chi connectivity index (χ1) is 17.3. The Morgan fingerprint density at radius 2 is 1.62 bits per heavy atom. The molecular weight excluding hydrogens is 527 g/mol. The molecule has 3 rings (SSSR count). The minimum atomic E-state index is -2.33. The van der Waals surface area contributed by atoms with Crippen LogP contribution < -0.4 is 11.1 Å². The van der Waals surface area contributed by atoms with Crippen molar-refractivity contribution in [1.29, 1.82) is 0 Å². The van der Waals surface area contributed by atoms with Crippen LogP contribution in [0.1, 0.15) is 56.8 Å². The number of nitrogens with one attached hydrogen (secondary N) is 1. The molecule has 1 atom stereocenters. The second-order valence-electron chi connectivity index (χ2n) is 8.90. The number of carboxylic acid groups (broad SMARTS) is 1. The van der Waals surface area contributed by atoms with Gasteiger partial charge in [-0.25, -0.2) is 31.1 Å². The van der Waals surface area contributed by atoms with Crippen molar-refractivity contribution in [2.24, 2.45) is 11.7 Å². The lowest BCUT2D eigenvalue weighted by Gasteiger charge is -2.43. The Morgan fingerprint density at radius 1 is 1.11 bits per heavy atom. The average molecular weight is 557 g/mol. The van der Waals surface area contributed by atoms with Crippen molar-refractivity contribution >= 4 is 30.2 Å². The van der Waals surface area contributed by atoms with Gasteiger partial charge < -0.3 is 19.9 Å². The van der Waals surface area contributed by atoms with Gasteiger partial charge in [0.05, 0.1) is 11.7 Å². The Labute approximate surface area is 214 Å². The van der Waals surface area contributed by atoms with Crippen molar-refractivity contribution in [3.8, 4) is 0 Å². The highest BCUT2D eigenvalue weighted by molar-refractivity contribution is 7.92. The van der Waals surface area contributed by atoms with Gasteiger partial charge in [-0.3, -0.25) is 14.9 Å². The molecule has 1 aromatic rings. The second kappa shape index (κ2) is 12.7. The first kappa shape index (κ1) is 30.6. The van der Waals surface area contributed by atoms with Crippen LogP contribution in [0.15, 0.2) is 0 Å². The summed E-state index contributed by atoms with van der Waals surface area (Å²) < 4.78 is 68.9. The summed E-state index contributed by atoms with van der Waals surface area (Å²) in [5, 5.41) is 12.2. The SMILES string of the molecule is CCCCN1C(=O)C(C(C)C)NC12CCN(SOC(=O)O)CC2.NC(=O)c1c(F)c(F)c(F)c(F)c1F. The van der Waals surface area contributed by atoms with E-state index in [1.54, 1.807) is 0 Å². The van der Waals surface area contributed by atoms with Crippen LogP contribution in [0.2, 0.25) is 0 Å². The van der Waals surface area contributed by atoms with Gasteiger partial charge in [-0.1, -0.05) is 27.2 Å². The van der Waals surface area contributed by atoms with Gasteiger partial charge in [0.25, 0.3) is 5.91 Å². The van der Waals surface area contributed by atoms with Crippen LogP contribution in [-0.2, 0) is 8.98 Å². The Morgan fingerprint density at radius 3 is 2.05 bits per heavy atom. The van der Waals surface area contributed by atoms with Gasteiger partial charge in [0.1, 0.15) is 5.56 Å². The molecule has 1 unspecified atom stereocenters. The summed E-state index contributed by atoms with van der Waals surface area (Å²) >= 11 is 0.877. The highest BCUT2D eigenvalue weighted by Gasteiger charge is 2.51. The Bertz CT molecular complexity index is 995. The largest absolute Gasteiger partial charge is 0.519 e. The van der Waals surface area contributed by atoms with E-state index in [-0.39, 0.29) is 23.5 Å². The summed E-state index contributed by atoms with van der Waals surface area (Å²) in [4.78, 5) is 35.6. The Kier molecular flexibility index (Phi) is 10.5. The van der Waals surface area contributed by atoms with Crippen molar-refractivity contribution in [1.82, 2.24) is 14.5 Å². The van der Waals surface area contributed by atoms with E-state index in [1.165, 1.54) is 0 Å². The van der Waals surface area contributed by atoms with Crippen LogP contribution in [0.5, 0.6) is 0 Å².